The van der Waals surface area contributed by atoms with Crippen molar-refractivity contribution in [1.82, 2.24) is 0 Å². The molecule has 0 spiro atoms. The van der Waals surface area contributed by atoms with Crippen LogP contribution in [0.1, 0.15) is 25.3 Å². The molecule has 15 heavy (non-hydrogen) atoms. The Morgan fingerprint density at radius 2 is 2.20 bits per heavy atom. The normalized spacial score (nSPS) is 12.5. The standard InChI is InChI=1S/C12H18BrNO/c1-3-4-10(8-14)15-12-6-5-9(2)7-11(12)13/h5-7,10H,3-4,8,14H2,1-2H3. The molecule has 0 saturated heterocycles. The van der Waals surface area contributed by atoms with Crippen LogP contribution in [0.5, 0.6) is 5.75 Å². The maximum absolute atomic E-state index is 5.82. The van der Waals surface area contributed by atoms with Crippen molar-refractivity contribution in [2.24, 2.45) is 5.73 Å². The molecule has 1 aromatic carbocycles. The molecule has 0 fully saturated rings. The second-order valence-electron chi connectivity index (χ2n) is 3.70. The van der Waals surface area contributed by atoms with E-state index in [9.17, 15) is 0 Å². The molecule has 0 radical (unpaired) electrons. The zero-order valence-electron chi connectivity index (χ0n) is 9.29. The molecule has 0 heterocycles. The maximum atomic E-state index is 5.82. The van der Waals surface area contributed by atoms with Gasteiger partial charge in [-0.1, -0.05) is 19.4 Å². The van der Waals surface area contributed by atoms with Crippen LogP contribution in [-0.4, -0.2) is 12.6 Å². The first-order valence-electron chi connectivity index (χ1n) is 5.30. The highest BCUT2D eigenvalue weighted by atomic mass is 79.9. The molecule has 2 N–H and O–H groups in total. The fraction of sp³-hybridized carbons (Fsp3) is 0.500. The van der Waals surface area contributed by atoms with Crippen molar-refractivity contribution >= 4 is 15.9 Å². The minimum atomic E-state index is 0.119. The summed E-state index contributed by atoms with van der Waals surface area (Å²) in [4.78, 5) is 0. The van der Waals surface area contributed by atoms with Gasteiger partial charge in [-0.3, -0.25) is 0 Å². The molecule has 0 aliphatic carbocycles. The van der Waals surface area contributed by atoms with E-state index in [1.54, 1.807) is 0 Å². The maximum Gasteiger partial charge on any atom is 0.133 e. The van der Waals surface area contributed by atoms with E-state index >= 15 is 0 Å². The fourth-order valence-corrected chi connectivity index (χ4v) is 2.01. The second-order valence-corrected chi connectivity index (χ2v) is 4.55. The van der Waals surface area contributed by atoms with Gasteiger partial charge in [0.2, 0.25) is 0 Å². The monoisotopic (exact) mass is 271 g/mol. The van der Waals surface area contributed by atoms with E-state index < -0.39 is 0 Å². The van der Waals surface area contributed by atoms with E-state index in [1.807, 2.05) is 12.1 Å². The lowest BCUT2D eigenvalue weighted by Gasteiger charge is -2.17. The van der Waals surface area contributed by atoms with Crippen LogP contribution in [0.25, 0.3) is 0 Å². The molecule has 0 bridgehead atoms. The highest BCUT2D eigenvalue weighted by Crippen LogP contribution is 2.27. The molecular formula is C12H18BrNO. The van der Waals surface area contributed by atoms with Crippen LogP contribution >= 0.6 is 15.9 Å². The van der Waals surface area contributed by atoms with Crippen LogP contribution in [0.4, 0.5) is 0 Å². The van der Waals surface area contributed by atoms with Gasteiger partial charge in [0.05, 0.1) is 4.47 Å². The molecule has 0 aliphatic rings. The number of nitrogens with two attached hydrogens (primary N) is 1. The number of ether oxygens (including phenoxy) is 1. The molecular weight excluding hydrogens is 254 g/mol. The van der Waals surface area contributed by atoms with E-state index in [1.165, 1.54) is 5.56 Å². The number of hydrogen-bond acceptors (Lipinski definition) is 2. The van der Waals surface area contributed by atoms with E-state index in [4.69, 9.17) is 10.5 Å². The van der Waals surface area contributed by atoms with Crippen LogP contribution in [0.15, 0.2) is 22.7 Å². The molecule has 1 rings (SSSR count). The van der Waals surface area contributed by atoms with Gasteiger partial charge in [-0.2, -0.15) is 0 Å². The summed E-state index contributed by atoms with van der Waals surface area (Å²) in [5, 5.41) is 0. The van der Waals surface area contributed by atoms with Gasteiger partial charge in [0.1, 0.15) is 11.9 Å². The van der Waals surface area contributed by atoms with Gasteiger partial charge in [-0.15, -0.1) is 0 Å². The van der Waals surface area contributed by atoms with Crippen molar-refractivity contribution in [3.05, 3.63) is 28.2 Å². The molecule has 84 valence electrons. The summed E-state index contributed by atoms with van der Waals surface area (Å²) in [5.41, 5.74) is 6.86. The molecule has 1 atom stereocenters. The van der Waals surface area contributed by atoms with Crippen molar-refractivity contribution in [2.45, 2.75) is 32.8 Å². The van der Waals surface area contributed by atoms with Crippen molar-refractivity contribution in [3.8, 4) is 5.75 Å². The summed E-state index contributed by atoms with van der Waals surface area (Å²) in [6.07, 6.45) is 2.20. The molecule has 0 amide bonds. The van der Waals surface area contributed by atoms with Gasteiger partial charge in [-0.05, 0) is 47.0 Å². The van der Waals surface area contributed by atoms with Gasteiger partial charge in [0.25, 0.3) is 0 Å². The number of aryl methyl sites for hydroxylation is 1. The molecule has 0 aromatic heterocycles. The van der Waals surface area contributed by atoms with Crippen LogP contribution in [-0.2, 0) is 0 Å². The van der Waals surface area contributed by atoms with Crippen LogP contribution in [0.2, 0.25) is 0 Å². The summed E-state index contributed by atoms with van der Waals surface area (Å²) in [7, 11) is 0. The Kier molecular flexibility index (Phi) is 5.12. The number of halogens is 1. The van der Waals surface area contributed by atoms with E-state index in [-0.39, 0.29) is 6.10 Å². The van der Waals surface area contributed by atoms with E-state index in [2.05, 4.69) is 35.8 Å². The second kappa shape index (κ2) is 6.13. The van der Waals surface area contributed by atoms with Crippen LogP contribution in [0, 0.1) is 6.92 Å². The first kappa shape index (κ1) is 12.5. The van der Waals surface area contributed by atoms with E-state index in [0.29, 0.717) is 6.54 Å². The van der Waals surface area contributed by atoms with Crippen molar-refractivity contribution in [2.75, 3.05) is 6.54 Å². The highest BCUT2D eigenvalue weighted by molar-refractivity contribution is 9.10. The number of rotatable bonds is 5. The zero-order chi connectivity index (χ0) is 11.3. The smallest absolute Gasteiger partial charge is 0.133 e. The van der Waals surface area contributed by atoms with Crippen molar-refractivity contribution < 1.29 is 4.74 Å². The van der Waals surface area contributed by atoms with Crippen molar-refractivity contribution in [1.29, 1.82) is 0 Å². The Hall–Kier alpha value is -0.540. The van der Waals surface area contributed by atoms with Gasteiger partial charge >= 0.3 is 0 Å². The largest absolute Gasteiger partial charge is 0.488 e. The third kappa shape index (κ3) is 3.84. The quantitative estimate of drug-likeness (QED) is 0.892. The fourth-order valence-electron chi connectivity index (χ4n) is 1.43. The molecule has 1 unspecified atom stereocenters. The van der Waals surface area contributed by atoms with Crippen LogP contribution < -0.4 is 10.5 Å². The minimum Gasteiger partial charge on any atom is -0.488 e. The van der Waals surface area contributed by atoms with Crippen molar-refractivity contribution in [3.63, 3.8) is 0 Å². The Morgan fingerprint density at radius 1 is 1.47 bits per heavy atom. The molecule has 0 saturated carbocycles. The lowest BCUT2D eigenvalue weighted by atomic mass is 10.2. The average Bonchev–Trinajstić information content (AvgIpc) is 2.21. The highest BCUT2D eigenvalue weighted by Gasteiger charge is 2.09. The van der Waals surface area contributed by atoms with E-state index in [0.717, 1.165) is 23.1 Å². The van der Waals surface area contributed by atoms with Crippen LogP contribution in [0.3, 0.4) is 0 Å². The molecule has 2 nitrogen and oxygen atoms in total. The SMILES string of the molecule is CCCC(CN)Oc1ccc(C)cc1Br. The Balaban J connectivity index is 2.70. The lowest BCUT2D eigenvalue weighted by molar-refractivity contribution is 0.196. The number of benzene rings is 1. The zero-order valence-corrected chi connectivity index (χ0v) is 10.9. The summed E-state index contributed by atoms with van der Waals surface area (Å²) in [6.45, 7) is 4.76. The topological polar surface area (TPSA) is 35.2 Å². The average molecular weight is 272 g/mol. The molecule has 0 aliphatic heterocycles. The first-order valence-corrected chi connectivity index (χ1v) is 6.09. The predicted octanol–water partition coefficient (Wildman–Crippen LogP) is 3.26. The van der Waals surface area contributed by atoms with Gasteiger partial charge in [0, 0.05) is 6.54 Å². The molecule has 1 aromatic rings. The number of hydrogen-bond donors (Lipinski definition) is 1. The predicted molar refractivity (Wildman–Crippen MR) is 67.3 cm³/mol. The van der Waals surface area contributed by atoms with Gasteiger partial charge in [0.15, 0.2) is 0 Å². The lowest BCUT2D eigenvalue weighted by Crippen LogP contribution is -2.26. The minimum absolute atomic E-state index is 0.119. The third-order valence-electron chi connectivity index (χ3n) is 2.25. The Labute approximate surface area is 99.9 Å². The van der Waals surface area contributed by atoms with Gasteiger partial charge < -0.3 is 10.5 Å². The first-order chi connectivity index (χ1) is 7.17. The van der Waals surface area contributed by atoms with Gasteiger partial charge in [-0.25, -0.2) is 0 Å². The molecule has 3 heteroatoms. The Bertz CT molecular complexity index is 314. The summed E-state index contributed by atoms with van der Waals surface area (Å²) in [6, 6.07) is 6.08. The summed E-state index contributed by atoms with van der Waals surface area (Å²) in [5.74, 6) is 0.879. The summed E-state index contributed by atoms with van der Waals surface area (Å²) < 4.78 is 6.82. The third-order valence-corrected chi connectivity index (χ3v) is 2.87. The summed E-state index contributed by atoms with van der Waals surface area (Å²) >= 11 is 3.49. The Morgan fingerprint density at radius 3 is 2.73 bits per heavy atom.